The van der Waals surface area contributed by atoms with Crippen LogP contribution in [0, 0.1) is 12.8 Å². The van der Waals surface area contributed by atoms with Gasteiger partial charge < -0.3 is 9.64 Å². The molecule has 0 N–H and O–H groups in total. The van der Waals surface area contributed by atoms with Gasteiger partial charge in [0.15, 0.2) is 5.52 Å². The highest BCUT2D eigenvalue weighted by Crippen LogP contribution is 2.37. The fourth-order valence-corrected chi connectivity index (χ4v) is 4.86. The summed E-state index contributed by atoms with van der Waals surface area (Å²) in [6, 6.07) is 0. The molecule has 0 radical (unpaired) electrons. The van der Waals surface area contributed by atoms with Gasteiger partial charge in [0.2, 0.25) is 5.95 Å². The van der Waals surface area contributed by atoms with Crippen LogP contribution < -0.4 is 10.5 Å². The molecule has 3 aromatic rings. The van der Waals surface area contributed by atoms with E-state index in [1.165, 1.54) is 12.8 Å². The van der Waals surface area contributed by atoms with Gasteiger partial charge in [0, 0.05) is 38.3 Å². The van der Waals surface area contributed by atoms with E-state index in [0.29, 0.717) is 48.4 Å². The van der Waals surface area contributed by atoms with Crippen molar-refractivity contribution in [2.75, 3.05) is 24.6 Å². The number of anilines is 1. The highest BCUT2D eigenvalue weighted by Gasteiger charge is 2.29. The summed E-state index contributed by atoms with van der Waals surface area (Å²) in [6.07, 6.45) is 8.22. The van der Waals surface area contributed by atoms with Crippen LogP contribution in [0.1, 0.15) is 61.7 Å². The number of morpholine rings is 1. The topological polar surface area (TPSA) is 91.0 Å². The average Bonchev–Trinajstić information content (AvgIpc) is 3.24. The number of ether oxygens (including phenoxy) is 1. The minimum absolute atomic E-state index is 0.102. The van der Waals surface area contributed by atoms with Crippen LogP contribution in [-0.2, 0) is 18.8 Å². The lowest BCUT2D eigenvalue weighted by atomic mass is 9.81. The highest BCUT2D eigenvalue weighted by atomic mass is 16.5. The van der Waals surface area contributed by atoms with Crippen molar-refractivity contribution in [3.63, 3.8) is 0 Å². The van der Waals surface area contributed by atoms with Crippen LogP contribution in [0.4, 0.5) is 5.95 Å². The number of rotatable bonds is 3. The van der Waals surface area contributed by atoms with Gasteiger partial charge in [0.1, 0.15) is 17.4 Å². The number of nitrogens with zero attached hydrogens (tertiary/aromatic N) is 7. The second-order valence-corrected chi connectivity index (χ2v) is 9.34. The summed E-state index contributed by atoms with van der Waals surface area (Å²) in [6.45, 7) is 6.05. The van der Waals surface area contributed by atoms with Crippen LogP contribution in [0.3, 0.4) is 0 Å². The van der Waals surface area contributed by atoms with E-state index < -0.39 is 0 Å². The maximum absolute atomic E-state index is 13.1. The molecule has 170 valence electrons. The van der Waals surface area contributed by atoms with Crippen LogP contribution in [0.5, 0.6) is 0 Å². The molecule has 1 aliphatic carbocycles. The van der Waals surface area contributed by atoms with Crippen LogP contribution in [0.25, 0.3) is 11.0 Å². The third-order valence-corrected chi connectivity index (χ3v) is 7.01. The lowest BCUT2D eigenvalue weighted by Crippen LogP contribution is -2.39. The molecule has 9 heteroatoms. The van der Waals surface area contributed by atoms with Crippen LogP contribution >= 0.6 is 0 Å². The van der Waals surface area contributed by atoms with E-state index in [9.17, 15) is 4.79 Å². The normalized spacial score (nSPS) is 24.2. The maximum Gasteiger partial charge on any atom is 0.279 e. The van der Waals surface area contributed by atoms with Gasteiger partial charge in [-0.1, -0.05) is 19.8 Å². The Morgan fingerprint density at radius 3 is 2.56 bits per heavy atom. The first-order valence-electron chi connectivity index (χ1n) is 11.5. The molecule has 5 rings (SSSR count). The van der Waals surface area contributed by atoms with Crippen molar-refractivity contribution in [1.29, 1.82) is 0 Å². The van der Waals surface area contributed by atoms with E-state index in [4.69, 9.17) is 19.7 Å². The van der Waals surface area contributed by atoms with Crippen molar-refractivity contribution >= 4 is 17.0 Å². The molecule has 1 saturated carbocycles. The number of hydrogen-bond donors (Lipinski definition) is 0. The number of aryl methyl sites for hydroxylation is 2. The molecule has 1 aliphatic heterocycles. The first-order valence-corrected chi connectivity index (χ1v) is 11.5. The molecule has 1 atom stereocenters. The molecule has 2 aliphatic rings. The quantitative estimate of drug-likeness (QED) is 0.622. The maximum atomic E-state index is 13.1. The predicted octanol–water partition coefficient (Wildman–Crippen LogP) is 2.64. The minimum atomic E-state index is -0.112. The molecule has 0 unspecified atom stereocenters. The lowest BCUT2D eigenvalue weighted by Gasteiger charge is -2.33. The van der Waals surface area contributed by atoms with Gasteiger partial charge in [-0.15, -0.1) is 0 Å². The second-order valence-electron chi connectivity index (χ2n) is 9.34. The number of fused-ring (bicyclic) bond motifs is 1. The fourth-order valence-electron chi connectivity index (χ4n) is 4.86. The molecule has 32 heavy (non-hydrogen) atoms. The summed E-state index contributed by atoms with van der Waals surface area (Å²) >= 11 is 0. The first kappa shape index (κ1) is 21.1. The standard InChI is InChI=1S/C23H31N7O2/c1-14-5-7-16(8-6-14)19-20-21(22(31)29(4)15(2)25-20)27-23(26-19)30-9-10-32-18(13-30)17-11-24-28(3)12-17/h11-12,14,16,18H,5-10,13H2,1-4H3/t14?,16?,18-/m1/s1. The SMILES string of the molecule is Cc1nc2c(C3CCC(C)CC3)nc(N3CCO[C@@H](c4cnn(C)c4)C3)nc2c(=O)n1C. The van der Waals surface area contributed by atoms with E-state index >= 15 is 0 Å². The van der Waals surface area contributed by atoms with Crippen LogP contribution in [0.15, 0.2) is 17.2 Å². The first-order chi connectivity index (χ1) is 15.4. The molecule has 3 aromatic heterocycles. The molecule has 0 amide bonds. The molecular weight excluding hydrogens is 406 g/mol. The summed E-state index contributed by atoms with van der Waals surface area (Å²) in [4.78, 5) is 29.8. The Bertz CT molecular complexity index is 1190. The van der Waals surface area contributed by atoms with E-state index in [1.54, 1.807) is 16.3 Å². The lowest BCUT2D eigenvalue weighted by molar-refractivity contribution is 0.0392. The molecule has 0 aromatic carbocycles. The summed E-state index contributed by atoms with van der Waals surface area (Å²) in [7, 11) is 3.65. The van der Waals surface area contributed by atoms with Crippen molar-refractivity contribution in [2.24, 2.45) is 20.0 Å². The molecular formula is C23H31N7O2. The number of aromatic nitrogens is 6. The Kier molecular flexibility index (Phi) is 5.44. The molecule has 4 heterocycles. The van der Waals surface area contributed by atoms with Gasteiger partial charge in [-0.2, -0.15) is 5.10 Å². The summed E-state index contributed by atoms with van der Waals surface area (Å²) < 4.78 is 9.36. The van der Waals surface area contributed by atoms with Crippen molar-refractivity contribution in [3.05, 3.63) is 39.8 Å². The van der Waals surface area contributed by atoms with Gasteiger partial charge in [0.05, 0.1) is 25.0 Å². The van der Waals surface area contributed by atoms with Crippen molar-refractivity contribution < 1.29 is 4.74 Å². The van der Waals surface area contributed by atoms with Gasteiger partial charge in [-0.3, -0.25) is 14.0 Å². The highest BCUT2D eigenvalue weighted by molar-refractivity contribution is 5.77. The van der Waals surface area contributed by atoms with E-state index in [-0.39, 0.29) is 11.7 Å². The fraction of sp³-hybridized carbons (Fsp3) is 0.609. The Hall–Kier alpha value is -2.81. The smallest absolute Gasteiger partial charge is 0.279 e. The Morgan fingerprint density at radius 2 is 1.84 bits per heavy atom. The Morgan fingerprint density at radius 1 is 1.06 bits per heavy atom. The Labute approximate surface area is 187 Å². The summed E-state index contributed by atoms with van der Waals surface area (Å²) in [5, 5.41) is 4.28. The summed E-state index contributed by atoms with van der Waals surface area (Å²) in [5.41, 5.74) is 2.94. The monoisotopic (exact) mass is 437 g/mol. The molecule has 0 spiro atoms. The van der Waals surface area contributed by atoms with Crippen molar-refractivity contribution in [1.82, 2.24) is 29.3 Å². The van der Waals surface area contributed by atoms with Crippen LogP contribution in [0.2, 0.25) is 0 Å². The largest absolute Gasteiger partial charge is 0.370 e. The number of hydrogen-bond acceptors (Lipinski definition) is 7. The zero-order valence-corrected chi connectivity index (χ0v) is 19.3. The van der Waals surface area contributed by atoms with Gasteiger partial charge >= 0.3 is 0 Å². The van der Waals surface area contributed by atoms with E-state index in [2.05, 4.69) is 16.9 Å². The third kappa shape index (κ3) is 3.79. The second kappa shape index (κ2) is 8.27. The van der Waals surface area contributed by atoms with Gasteiger partial charge in [-0.05, 0) is 25.7 Å². The molecule has 0 bridgehead atoms. The molecule has 9 nitrogen and oxygen atoms in total. The van der Waals surface area contributed by atoms with E-state index in [1.807, 2.05) is 26.4 Å². The molecule has 2 fully saturated rings. The van der Waals surface area contributed by atoms with Crippen molar-refractivity contribution in [3.8, 4) is 0 Å². The molecule has 1 saturated heterocycles. The third-order valence-electron chi connectivity index (χ3n) is 7.01. The van der Waals surface area contributed by atoms with Gasteiger partial charge in [0.25, 0.3) is 5.56 Å². The summed E-state index contributed by atoms with van der Waals surface area (Å²) in [5.74, 6) is 2.34. The van der Waals surface area contributed by atoms with Crippen molar-refractivity contribution in [2.45, 2.75) is 51.6 Å². The van der Waals surface area contributed by atoms with Crippen LogP contribution in [-0.4, -0.2) is 49.0 Å². The Balaban J connectivity index is 1.57. The minimum Gasteiger partial charge on any atom is -0.370 e. The van der Waals surface area contributed by atoms with Gasteiger partial charge in [-0.25, -0.2) is 15.0 Å². The zero-order valence-electron chi connectivity index (χ0n) is 19.3. The average molecular weight is 438 g/mol. The van der Waals surface area contributed by atoms with E-state index in [0.717, 1.165) is 30.0 Å². The predicted molar refractivity (Wildman–Crippen MR) is 122 cm³/mol. The zero-order chi connectivity index (χ0) is 22.4.